The molecule has 3 heteroatoms. The Morgan fingerprint density at radius 3 is 2.82 bits per heavy atom. The van der Waals surface area contributed by atoms with E-state index < -0.39 is 0 Å². The first-order chi connectivity index (χ1) is 5.36. The zero-order valence-corrected chi connectivity index (χ0v) is 8.02. The van der Waals surface area contributed by atoms with Crippen LogP contribution < -0.4 is 5.32 Å². The fourth-order valence-corrected chi connectivity index (χ4v) is 2.26. The molecule has 0 bridgehead atoms. The summed E-state index contributed by atoms with van der Waals surface area (Å²) < 4.78 is 1.15. The van der Waals surface area contributed by atoms with Crippen LogP contribution in [0.15, 0.2) is 34.3 Å². The molecule has 0 amide bonds. The van der Waals surface area contributed by atoms with E-state index in [1.165, 1.54) is 4.88 Å². The molecule has 2 rings (SSSR count). The molecule has 1 aliphatic rings. The molecule has 0 fully saturated rings. The van der Waals surface area contributed by atoms with Gasteiger partial charge >= 0.3 is 0 Å². The minimum absolute atomic E-state index is 1.06. The lowest BCUT2D eigenvalue weighted by atomic mass is 10.3. The van der Waals surface area contributed by atoms with E-state index in [0.717, 1.165) is 9.48 Å². The van der Waals surface area contributed by atoms with Crippen LogP contribution in [0.4, 0.5) is 0 Å². The predicted molar refractivity (Wildman–Crippen MR) is 51.3 cm³/mol. The SMILES string of the molecule is Brc1ccc(C2=CC=C[N]2)s1. The molecule has 0 aromatic carbocycles. The summed E-state index contributed by atoms with van der Waals surface area (Å²) in [5.74, 6) is 0. The summed E-state index contributed by atoms with van der Waals surface area (Å²) in [6.45, 7) is 0. The first-order valence-corrected chi connectivity index (χ1v) is 4.80. The highest BCUT2D eigenvalue weighted by Crippen LogP contribution is 2.28. The molecule has 1 radical (unpaired) electrons. The molecule has 1 nitrogen and oxygen atoms in total. The largest absolute Gasteiger partial charge is 0.255 e. The topological polar surface area (TPSA) is 14.1 Å². The van der Waals surface area contributed by atoms with Gasteiger partial charge in [0, 0.05) is 6.20 Å². The van der Waals surface area contributed by atoms with Crippen molar-refractivity contribution in [2.45, 2.75) is 0 Å². The lowest BCUT2D eigenvalue weighted by Gasteiger charge is -1.93. The third kappa shape index (κ3) is 1.39. The van der Waals surface area contributed by atoms with Gasteiger partial charge in [0.2, 0.25) is 0 Å². The van der Waals surface area contributed by atoms with Crippen molar-refractivity contribution >= 4 is 33.0 Å². The highest BCUT2D eigenvalue weighted by atomic mass is 79.9. The molecule has 0 unspecified atom stereocenters. The Hall–Kier alpha value is -0.540. The number of thiophene rings is 1. The van der Waals surface area contributed by atoms with E-state index in [1.807, 2.05) is 24.4 Å². The minimum Gasteiger partial charge on any atom is -0.255 e. The van der Waals surface area contributed by atoms with Gasteiger partial charge in [-0.2, -0.15) is 0 Å². The van der Waals surface area contributed by atoms with Gasteiger partial charge in [0.15, 0.2) is 0 Å². The van der Waals surface area contributed by atoms with Gasteiger partial charge in [0.1, 0.15) is 0 Å². The highest BCUT2D eigenvalue weighted by molar-refractivity contribution is 9.11. The molecule has 0 saturated carbocycles. The van der Waals surface area contributed by atoms with Crippen LogP contribution in [0.3, 0.4) is 0 Å². The van der Waals surface area contributed by atoms with Gasteiger partial charge in [-0.1, -0.05) is 0 Å². The molecule has 2 heterocycles. The second-order valence-electron chi connectivity index (χ2n) is 2.13. The summed E-state index contributed by atoms with van der Waals surface area (Å²) in [6, 6.07) is 4.10. The number of nitrogens with zero attached hydrogens (tertiary/aromatic N) is 1. The lowest BCUT2D eigenvalue weighted by Crippen LogP contribution is -1.86. The van der Waals surface area contributed by atoms with Crippen LogP contribution in [0.5, 0.6) is 0 Å². The van der Waals surface area contributed by atoms with Crippen molar-refractivity contribution < 1.29 is 0 Å². The molecule has 1 aromatic heterocycles. The Balaban J connectivity index is 2.30. The van der Waals surface area contributed by atoms with Crippen molar-refractivity contribution in [1.82, 2.24) is 5.32 Å². The van der Waals surface area contributed by atoms with Crippen molar-refractivity contribution in [2.75, 3.05) is 0 Å². The van der Waals surface area contributed by atoms with Crippen molar-refractivity contribution in [3.63, 3.8) is 0 Å². The molecule has 1 aromatic rings. The number of hydrogen-bond acceptors (Lipinski definition) is 1. The van der Waals surface area contributed by atoms with Crippen LogP contribution in [0, 0.1) is 0 Å². The van der Waals surface area contributed by atoms with Crippen molar-refractivity contribution in [1.29, 1.82) is 0 Å². The Bertz CT molecular complexity index is 325. The zero-order chi connectivity index (χ0) is 7.68. The maximum absolute atomic E-state index is 4.19. The number of allylic oxidation sites excluding steroid dienone is 2. The normalized spacial score (nSPS) is 14.8. The fraction of sp³-hybridized carbons (Fsp3) is 0. The summed E-state index contributed by atoms with van der Waals surface area (Å²) in [7, 11) is 0. The second-order valence-corrected chi connectivity index (χ2v) is 4.59. The molecule has 1 aliphatic heterocycles. The second kappa shape index (κ2) is 2.83. The molecule has 0 aliphatic carbocycles. The maximum atomic E-state index is 4.19. The zero-order valence-electron chi connectivity index (χ0n) is 5.62. The third-order valence-corrected chi connectivity index (χ3v) is 3.03. The fourth-order valence-electron chi connectivity index (χ4n) is 0.898. The van der Waals surface area contributed by atoms with Gasteiger partial charge in [-0.25, -0.2) is 0 Å². The van der Waals surface area contributed by atoms with Gasteiger partial charge in [-0.15, -0.1) is 11.3 Å². The quantitative estimate of drug-likeness (QED) is 0.700. The van der Waals surface area contributed by atoms with Gasteiger partial charge < -0.3 is 0 Å². The van der Waals surface area contributed by atoms with Crippen LogP contribution in [0.1, 0.15) is 4.88 Å². The molecule has 0 N–H and O–H groups in total. The Morgan fingerprint density at radius 1 is 1.36 bits per heavy atom. The van der Waals surface area contributed by atoms with Gasteiger partial charge in [0.25, 0.3) is 0 Å². The highest BCUT2D eigenvalue weighted by Gasteiger charge is 2.05. The molecule has 0 spiro atoms. The summed E-state index contributed by atoms with van der Waals surface area (Å²) in [5, 5.41) is 4.19. The maximum Gasteiger partial charge on any atom is 0.0802 e. The first-order valence-electron chi connectivity index (χ1n) is 3.20. The molecule has 11 heavy (non-hydrogen) atoms. The molecular weight excluding hydrogens is 222 g/mol. The van der Waals surface area contributed by atoms with Crippen molar-refractivity contribution in [3.8, 4) is 0 Å². The molecule has 0 saturated heterocycles. The Labute approximate surface area is 77.6 Å². The molecule has 0 atom stereocenters. The first kappa shape index (κ1) is 7.13. The van der Waals surface area contributed by atoms with Crippen molar-refractivity contribution in [2.24, 2.45) is 0 Å². The van der Waals surface area contributed by atoms with E-state index in [9.17, 15) is 0 Å². The van der Waals surface area contributed by atoms with Gasteiger partial charge in [-0.3, -0.25) is 5.32 Å². The van der Waals surface area contributed by atoms with E-state index in [0.29, 0.717) is 0 Å². The van der Waals surface area contributed by atoms with E-state index in [-0.39, 0.29) is 0 Å². The minimum atomic E-state index is 1.06. The number of hydrogen-bond donors (Lipinski definition) is 0. The van der Waals surface area contributed by atoms with Crippen LogP contribution in [0.25, 0.3) is 5.70 Å². The molecule has 55 valence electrons. The van der Waals surface area contributed by atoms with E-state index in [2.05, 4.69) is 27.3 Å². The standard InChI is InChI=1S/C8H5BrNS/c9-8-4-3-7(11-8)6-2-1-5-10-6/h1-5H. The van der Waals surface area contributed by atoms with E-state index in [4.69, 9.17) is 0 Å². The number of halogens is 1. The monoisotopic (exact) mass is 226 g/mol. The summed E-state index contributed by atoms with van der Waals surface area (Å²) in [6.07, 6.45) is 5.77. The van der Waals surface area contributed by atoms with Gasteiger partial charge in [-0.05, 0) is 40.2 Å². The smallest absolute Gasteiger partial charge is 0.0802 e. The van der Waals surface area contributed by atoms with Gasteiger partial charge in [0.05, 0.1) is 14.4 Å². The van der Waals surface area contributed by atoms with Crippen LogP contribution in [0.2, 0.25) is 0 Å². The van der Waals surface area contributed by atoms with E-state index in [1.54, 1.807) is 11.3 Å². The van der Waals surface area contributed by atoms with Crippen LogP contribution in [-0.4, -0.2) is 0 Å². The Morgan fingerprint density at radius 2 is 2.27 bits per heavy atom. The molecular formula is C8H5BrNS. The summed E-state index contributed by atoms with van der Waals surface area (Å²) in [5.41, 5.74) is 1.06. The van der Waals surface area contributed by atoms with E-state index >= 15 is 0 Å². The summed E-state index contributed by atoms with van der Waals surface area (Å²) >= 11 is 5.11. The average Bonchev–Trinajstić information content (AvgIpc) is 2.55. The number of rotatable bonds is 1. The van der Waals surface area contributed by atoms with Crippen molar-refractivity contribution in [3.05, 3.63) is 39.1 Å². The summed E-state index contributed by atoms with van der Waals surface area (Å²) in [4.78, 5) is 1.21. The average molecular weight is 227 g/mol. The predicted octanol–water partition coefficient (Wildman–Crippen LogP) is 2.98. The lowest BCUT2D eigenvalue weighted by molar-refractivity contribution is 1.24. The Kier molecular flexibility index (Phi) is 1.84. The van der Waals surface area contributed by atoms with Crippen LogP contribution >= 0.6 is 27.3 Å². The van der Waals surface area contributed by atoms with Crippen LogP contribution in [-0.2, 0) is 0 Å². The third-order valence-electron chi connectivity index (χ3n) is 1.38.